The first-order chi connectivity index (χ1) is 37.4. The van der Waals surface area contributed by atoms with E-state index in [-0.39, 0.29) is 25.1 Å². The summed E-state index contributed by atoms with van der Waals surface area (Å²) in [4.78, 5) is 37.7. The van der Waals surface area contributed by atoms with E-state index in [0.29, 0.717) is 23.9 Å². The van der Waals surface area contributed by atoms with Gasteiger partial charge in [0.1, 0.15) is 19.3 Å². The van der Waals surface area contributed by atoms with Gasteiger partial charge in [-0.15, -0.1) is 0 Å². The Bertz CT molecular complexity index is 1370. The number of esters is 1. The monoisotopic (exact) mass is 1110 g/mol. The van der Waals surface area contributed by atoms with Gasteiger partial charge in [-0.3, -0.25) is 18.6 Å². The van der Waals surface area contributed by atoms with Gasteiger partial charge < -0.3 is 19.4 Å². The topological polar surface area (TPSA) is 111 Å². The fraction of sp³-hybridized carbons (Fsp3) is 0.910. The van der Waals surface area contributed by atoms with E-state index in [1.807, 2.05) is 33.3 Å². The van der Waals surface area contributed by atoms with Crippen molar-refractivity contribution >= 4 is 19.7 Å². The van der Waals surface area contributed by atoms with Gasteiger partial charge >= 0.3 is 13.8 Å². The summed E-state index contributed by atoms with van der Waals surface area (Å²) in [5, 5.41) is 3.07. The molecule has 0 aliphatic rings. The van der Waals surface area contributed by atoms with Gasteiger partial charge in [0.05, 0.1) is 33.8 Å². The second-order valence-corrected chi connectivity index (χ2v) is 25.8. The van der Waals surface area contributed by atoms with Crippen LogP contribution >= 0.6 is 7.82 Å². The van der Waals surface area contributed by atoms with Gasteiger partial charge in [0.25, 0.3) is 0 Å². The second kappa shape index (κ2) is 57.7. The van der Waals surface area contributed by atoms with Crippen molar-refractivity contribution in [2.24, 2.45) is 0 Å². The molecule has 0 rings (SSSR count). The molecule has 0 aliphatic carbocycles. The predicted octanol–water partition coefficient (Wildman–Crippen LogP) is 20.9. The maximum absolute atomic E-state index is 13.6. The summed E-state index contributed by atoms with van der Waals surface area (Å²) in [5.74, 6) is -0.486. The third-order valence-corrected chi connectivity index (χ3v) is 16.4. The molecule has 1 amide bonds. The van der Waals surface area contributed by atoms with E-state index in [0.717, 1.165) is 57.8 Å². The van der Waals surface area contributed by atoms with E-state index >= 15 is 0 Å². The van der Waals surface area contributed by atoms with Gasteiger partial charge in [-0.25, -0.2) is 4.57 Å². The number of nitrogens with one attached hydrogen (secondary N) is 1. The molecule has 0 heterocycles. The smallest absolute Gasteiger partial charge is 0.456 e. The number of quaternary nitrogens is 1. The number of carbonyl (C=O) groups is 2. The molecule has 0 aromatic heterocycles. The van der Waals surface area contributed by atoms with Crippen LogP contribution < -0.4 is 5.32 Å². The number of amides is 1. The van der Waals surface area contributed by atoms with Crippen molar-refractivity contribution in [2.75, 3.05) is 40.9 Å². The highest BCUT2D eigenvalue weighted by Crippen LogP contribution is 2.43. The van der Waals surface area contributed by atoms with E-state index in [9.17, 15) is 19.0 Å². The average Bonchev–Trinajstić information content (AvgIpc) is 3.39. The molecular formula is C67H132N2O7P+. The van der Waals surface area contributed by atoms with E-state index in [1.165, 1.54) is 250 Å². The zero-order chi connectivity index (χ0) is 56.4. The fourth-order valence-corrected chi connectivity index (χ4v) is 10.9. The number of hydrogen-bond donors (Lipinski definition) is 2. The van der Waals surface area contributed by atoms with E-state index in [1.54, 1.807) is 0 Å². The van der Waals surface area contributed by atoms with E-state index in [4.69, 9.17) is 13.8 Å². The lowest BCUT2D eigenvalue weighted by Gasteiger charge is -2.27. The van der Waals surface area contributed by atoms with Gasteiger partial charge in [0.2, 0.25) is 5.91 Å². The molecular weight excluding hydrogens is 976 g/mol. The first-order valence-electron chi connectivity index (χ1n) is 33.7. The van der Waals surface area contributed by atoms with Crippen LogP contribution in [-0.4, -0.2) is 74.3 Å². The summed E-state index contributed by atoms with van der Waals surface area (Å²) in [6, 6.07) is -0.841. The molecule has 0 spiro atoms. The van der Waals surface area contributed by atoms with Crippen LogP contribution in [0.5, 0.6) is 0 Å². The number of carbonyl (C=O) groups excluding carboxylic acids is 2. The molecule has 0 saturated carbocycles. The highest BCUT2D eigenvalue weighted by Gasteiger charge is 2.30. The Labute approximate surface area is 479 Å². The third kappa shape index (κ3) is 58.9. The summed E-state index contributed by atoms with van der Waals surface area (Å²) >= 11 is 0. The number of allylic oxidation sites excluding steroid dienone is 3. The second-order valence-electron chi connectivity index (χ2n) is 24.4. The fourth-order valence-electron chi connectivity index (χ4n) is 10.2. The molecule has 9 nitrogen and oxygen atoms in total. The Morgan fingerprint density at radius 3 is 1.10 bits per heavy atom. The minimum atomic E-state index is -4.44. The van der Waals surface area contributed by atoms with Crippen LogP contribution in [0.25, 0.3) is 0 Å². The summed E-state index contributed by atoms with van der Waals surface area (Å²) in [5.41, 5.74) is 0. The Hall–Kier alpha value is -1.51. The molecule has 10 heteroatoms. The summed E-state index contributed by atoms with van der Waals surface area (Å²) < 4.78 is 30.7. The predicted molar refractivity (Wildman–Crippen MR) is 333 cm³/mol. The lowest BCUT2D eigenvalue weighted by Crippen LogP contribution is -2.47. The van der Waals surface area contributed by atoms with Gasteiger partial charge in [-0.1, -0.05) is 296 Å². The maximum Gasteiger partial charge on any atom is 0.472 e. The number of likely N-dealkylation sites (N-methyl/N-ethyl adjacent to an activating group) is 1. The normalized spacial score (nSPS) is 13.7. The van der Waals surface area contributed by atoms with Gasteiger partial charge in [-0.2, -0.15) is 0 Å². The Kier molecular flexibility index (Phi) is 56.6. The van der Waals surface area contributed by atoms with Crippen LogP contribution in [0.3, 0.4) is 0 Å². The van der Waals surface area contributed by atoms with E-state index < -0.39 is 20.0 Å². The zero-order valence-electron chi connectivity index (χ0n) is 52.2. The van der Waals surface area contributed by atoms with Gasteiger partial charge in [-0.05, 0) is 57.4 Å². The molecule has 0 aromatic carbocycles. The lowest BCUT2D eigenvalue weighted by atomic mass is 10.0. The van der Waals surface area contributed by atoms with E-state index in [2.05, 4.69) is 38.2 Å². The van der Waals surface area contributed by atoms with Crippen molar-refractivity contribution in [3.05, 3.63) is 24.3 Å². The minimum absolute atomic E-state index is 0.0445. The van der Waals surface area contributed by atoms with Crippen LogP contribution in [0.1, 0.15) is 342 Å². The van der Waals surface area contributed by atoms with Gasteiger partial charge in [0.15, 0.2) is 0 Å². The Morgan fingerprint density at radius 2 is 0.753 bits per heavy atom. The quantitative estimate of drug-likeness (QED) is 0.0205. The number of unbranched alkanes of at least 4 members (excludes halogenated alkanes) is 44. The van der Waals surface area contributed by atoms with Crippen molar-refractivity contribution in [3.8, 4) is 0 Å². The van der Waals surface area contributed by atoms with Crippen molar-refractivity contribution in [3.63, 3.8) is 0 Å². The molecule has 0 fully saturated rings. The van der Waals surface area contributed by atoms with Crippen molar-refractivity contribution in [1.82, 2.24) is 5.32 Å². The molecule has 0 aromatic rings. The lowest BCUT2D eigenvalue weighted by molar-refractivity contribution is -0.870. The molecule has 3 atom stereocenters. The highest BCUT2D eigenvalue weighted by molar-refractivity contribution is 7.47. The van der Waals surface area contributed by atoms with Crippen LogP contribution in [0.15, 0.2) is 24.3 Å². The van der Waals surface area contributed by atoms with Crippen LogP contribution in [0.4, 0.5) is 0 Å². The van der Waals surface area contributed by atoms with Crippen molar-refractivity contribution < 1.29 is 37.3 Å². The number of rotatable bonds is 62. The number of nitrogens with zero attached hydrogens (tertiary/aromatic N) is 1. The number of phosphoric acid groups is 1. The van der Waals surface area contributed by atoms with Crippen LogP contribution in [0.2, 0.25) is 0 Å². The largest absolute Gasteiger partial charge is 0.472 e. The van der Waals surface area contributed by atoms with Crippen LogP contribution in [0, 0.1) is 0 Å². The maximum atomic E-state index is 13.6. The third-order valence-electron chi connectivity index (χ3n) is 15.4. The molecule has 3 unspecified atom stereocenters. The Morgan fingerprint density at radius 1 is 0.442 bits per heavy atom. The number of hydrogen-bond acceptors (Lipinski definition) is 6. The average molecular weight is 1110 g/mol. The first-order valence-corrected chi connectivity index (χ1v) is 35.2. The summed E-state index contributed by atoms with van der Waals surface area (Å²) in [7, 11) is 1.52. The van der Waals surface area contributed by atoms with Crippen molar-refractivity contribution in [1.29, 1.82) is 0 Å². The SMILES string of the molecule is CCCCCCCC/C=C/CCCCCCCCCCCCCCCCCCCC(=O)NC(COP(=O)(O)OCC[N+](C)(C)C)C(/C=C\CCCCCCCCCCC)OC(=O)CCCCCCCCCCCCCCC. The Balaban J connectivity index is 4.92. The minimum Gasteiger partial charge on any atom is -0.456 e. The van der Waals surface area contributed by atoms with Crippen molar-refractivity contribution in [2.45, 2.75) is 354 Å². The molecule has 456 valence electrons. The molecule has 77 heavy (non-hydrogen) atoms. The first kappa shape index (κ1) is 75.5. The highest BCUT2D eigenvalue weighted by atomic mass is 31.2. The molecule has 0 bridgehead atoms. The van der Waals surface area contributed by atoms with Gasteiger partial charge in [0, 0.05) is 12.8 Å². The number of phosphoric ester groups is 1. The van der Waals surface area contributed by atoms with Crippen LogP contribution in [-0.2, 0) is 27.9 Å². The standard InChI is InChI=1S/C67H131N2O7P/c1-7-10-13-16-19-22-25-27-28-29-30-31-32-33-34-35-36-37-38-39-40-42-44-47-50-53-56-59-66(70)68-64(63-75-77(72,73)74-62-61-69(4,5)6)65(58-55-52-49-46-43-24-21-18-15-12-9-3)76-67(71)60-57-54-51-48-45-41-26-23-20-17-14-11-8-2/h27-28,55,58,64-65H,7-26,29-54,56-57,59-63H2,1-6H3,(H-,68,70,72,73)/p+1/b28-27+,58-55-. The summed E-state index contributed by atoms with van der Waals surface area (Å²) in [6.45, 7) is 7.05. The molecule has 0 radical (unpaired) electrons. The number of ether oxygens (including phenoxy) is 1. The molecule has 2 N–H and O–H groups in total. The molecule has 0 saturated heterocycles. The zero-order valence-corrected chi connectivity index (χ0v) is 53.1. The molecule has 0 aliphatic heterocycles. The summed E-state index contributed by atoms with van der Waals surface area (Å²) in [6.07, 6.45) is 69.1.